The fourth-order valence-electron chi connectivity index (χ4n) is 6.58. The molecule has 0 nitrogen and oxygen atoms in total. The quantitative estimate of drug-likeness (QED) is 0.172. The van der Waals surface area contributed by atoms with Gasteiger partial charge in [-0.3, -0.25) is 0 Å². The van der Waals surface area contributed by atoms with E-state index in [2.05, 4.69) is 194 Å². The van der Waals surface area contributed by atoms with E-state index in [1.807, 2.05) is 0 Å². The van der Waals surface area contributed by atoms with Crippen molar-refractivity contribution in [1.82, 2.24) is 0 Å². The molecule has 0 aliphatic rings. The summed E-state index contributed by atoms with van der Waals surface area (Å²) in [7, 11) is -1.70. The minimum atomic E-state index is -0.852. The third-order valence-corrected chi connectivity index (χ3v) is 13.6. The van der Waals surface area contributed by atoms with Gasteiger partial charge in [0.1, 0.15) is 0 Å². The van der Waals surface area contributed by atoms with E-state index in [0.717, 1.165) is 0 Å². The zero-order valence-corrected chi connectivity index (χ0v) is 31.3. The van der Waals surface area contributed by atoms with Crippen LogP contribution in [0.1, 0.15) is 0 Å². The Morgan fingerprint density at radius 1 is 0.265 bits per heavy atom. The minimum Gasteiger partial charge on any atom is -1.00 e. The van der Waals surface area contributed by atoms with Crippen LogP contribution in [0, 0.1) is 0 Å². The molecule has 49 heavy (non-hydrogen) atoms. The Balaban J connectivity index is 0.00000156. The van der Waals surface area contributed by atoms with E-state index in [1.165, 1.54) is 64.5 Å². The van der Waals surface area contributed by atoms with Crippen LogP contribution in [0.25, 0.3) is 32.7 Å². The predicted octanol–water partition coefficient (Wildman–Crippen LogP) is 3.18. The molecular weight excluding hydrogens is 768 g/mol. The third-order valence-electron chi connectivity index (χ3n) is 8.60. The summed E-state index contributed by atoms with van der Waals surface area (Å²) in [4.78, 5) is 0. The molecule has 0 saturated carbocycles. The molecule has 0 unspecified atom stereocenters. The average molecular weight is 800 g/mol. The molecule has 8 aromatic carbocycles. The number of fused-ring (bicyclic) bond motifs is 2. The van der Waals surface area contributed by atoms with Gasteiger partial charge in [0.2, 0.25) is 0 Å². The first-order valence-electron chi connectivity index (χ1n) is 15.7. The van der Waals surface area contributed by atoms with Crippen molar-refractivity contribution < 1.29 is 45.2 Å². The molecule has 0 aliphatic carbocycles. The SMILES string of the molecule is [Cl-].[Cl-].[Pd+2].c1ccc(P(c2ccccc2)c2ccc3ccccc3c2-c2c(P(c3ccccc3)c3ccccc3)ccc3ccccc23)cc1. The topological polar surface area (TPSA) is 0 Å². The van der Waals surface area contributed by atoms with E-state index >= 15 is 0 Å². The predicted molar refractivity (Wildman–Crippen MR) is 204 cm³/mol. The van der Waals surface area contributed by atoms with Gasteiger partial charge < -0.3 is 24.8 Å². The number of rotatable bonds is 7. The fraction of sp³-hybridized carbons (Fsp3) is 0. The standard InChI is InChI=1S/C44H32P2.2ClH.Pd/c1-5-19-35(20-6-1)45(36-21-7-2-8-22-36)41-31-29-33-17-13-15-27-39(33)43(41)44-40-28-16-14-18-34(40)30-32-42(44)46(37-23-9-3-10-24-37)38-25-11-4-12-26-38;;;/h1-32H;2*1H;/q;;;+2/p-2. The van der Waals surface area contributed by atoms with Gasteiger partial charge in [-0.25, -0.2) is 0 Å². The van der Waals surface area contributed by atoms with Gasteiger partial charge in [-0.1, -0.05) is 194 Å². The van der Waals surface area contributed by atoms with Crippen LogP contribution < -0.4 is 56.6 Å². The second-order valence-corrected chi connectivity index (χ2v) is 15.7. The average Bonchev–Trinajstić information content (AvgIpc) is 3.14. The van der Waals surface area contributed by atoms with Crippen molar-refractivity contribution in [2.45, 2.75) is 0 Å². The second kappa shape index (κ2) is 16.9. The van der Waals surface area contributed by atoms with Crippen molar-refractivity contribution in [3.8, 4) is 11.1 Å². The Morgan fingerprint density at radius 2 is 0.531 bits per heavy atom. The molecule has 0 bridgehead atoms. The van der Waals surface area contributed by atoms with Gasteiger partial charge in [-0.15, -0.1) is 0 Å². The Kier molecular flexibility index (Phi) is 12.6. The molecule has 242 valence electrons. The molecule has 0 aromatic heterocycles. The van der Waals surface area contributed by atoms with E-state index in [9.17, 15) is 0 Å². The van der Waals surface area contributed by atoms with Crippen molar-refractivity contribution in [2.24, 2.45) is 0 Å². The van der Waals surface area contributed by atoms with E-state index in [4.69, 9.17) is 0 Å². The van der Waals surface area contributed by atoms with Crippen molar-refractivity contribution in [1.29, 1.82) is 0 Å². The minimum absolute atomic E-state index is 0. The molecule has 5 heteroatoms. The summed E-state index contributed by atoms with van der Waals surface area (Å²) in [5.41, 5.74) is 2.70. The van der Waals surface area contributed by atoms with Gasteiger partial charge in [-0.05, 0) is 80.3 Å². The molecule has 0 N–H and O–H groups in total. The Morgan fingerprint density at radius 3 is 0.837 bits per heavy atom. The Hall–Kier alpha value is -3.62. The normalized spacial score (nSPS) is 10.7. The number of benzene rings is 8. The van der Waals surface area contributed by atoms with E-state index in [1.54, 1.807) is 0 Å². The molecule has 0 spiro atoms. The largest absolute Gasteiger partial charge is 2.00 e. The third kappa shape index (κ3) is 7.32. The molecule has 8 aromatic rings. The van der Waals surface area contributed by atoms with Crippen LogP contribution in [-0.4, -0.2) is 0 Å². The summed E-state index contributed by atoms with van der Waals surface area (Å²) in [6, 6.07) is 71.8. The summed E-state index contributed by atoms with van der Waals surface area (Å²) in [6.07, 6.45) is 0. The maximum absolute atomic E-state index is 2.42. The molecule has 0 aliphatic heterocycles. The first-order chi connectivity index (χ1) is 22.9. The number of hydrogen-bond acceptors (Lipinski definition) is 0. The van der Waals surface area contributed by atoms with Crippen LogP contribution >= 0.6 is 15.8 Å². The zero-order valence-electron chi connectivity index (χ0n) is 26.4. The van der Waals surface area contributed by atoms with Crippen LogP contribution in [0.5, 0.6) is 0 Å². The van der Waals surface area contributed by atoms with E-state index in [-0.39, 0.29) is 45.2 Å². The van der Waals surface area contributed by atoms with Gasteiger partial charge in [0.25, 0.3) is 0 Å². The summed E-state index contributed by atoms with van der Waals surface area (Å²) < 4.78 is 0. The van der Waals surface area contributed by atoms with Crippen LogP contribution in [0.3, 0.4) is 0 Å². The molecular formula is C44H32Cl2P2Pd. The zero-order chi connectivity index (χ0) is 30.7. The molecule has 0 fully saturated rings. The smallest absolute Gasteiger partial charge is 1.00 e. The maximum atomic E-state index is 2.42. The molecule has 0 saturated heterocycles. The van der Waals surface area contributed by atoms with Crippen LogP contribution in [0.2, 0.25) is 0 Å². The number of hydrogen-bond donors (Lipinski definition) is 0. The number of halogens is 2. The summed E-state index contributed by atoms with van der Waals surface area (Å²) >= 11 is 0. The van der Waals surface area contributed by atoms with Gasteiger partial charge in [0.05, 0.1) is 0 Å². The first kappa shape index (κ1) is 36.7. The summed E-state index contributed by atoms with van der Waals surface area (Å²) in [5.74, 6) is 0. The van der Waals surface area contributed by atoms with E-state index in [0.29, 0.717) is 0 Å². The van der Waals surface area contributed by atoms with Crippen molar-refractivity contribution in [3.63, 3.8) is 0 Å². The van der Waals surface area contributed by atoms with Crippen LogP contribution in [0.4, 0.5) is 0 Å². The van der Waals surface area contributed by atoms with Crippen molar-refractivity contribution >= 4 is 69.2 Å². The first-order valence-corrected chi connectivity index (χ1v) is 18.4. The van der Waals surface area contributed by atoms with Crippen molar-refractivity contribution in [2.75, 3.05) is 0 Å². The molecule has 0 atom stereocenters. The molecule has 0 radical (unpaired) electrons. The van der Waals surface area contributed by atoms with Gasteiger partial charge in [0, 0.05) is 0 Å². The Bertz CT molecular complexity index is 2020. The molecule has 8 rings (SSSR count). The molecule has 0 heterocycles. The Labute approximate surface area is 317 Å². The second-order valence-electron chi connectivity index (χ2n) is 11.4. The van der Waals surface area contributed by atoms with E-state index < -0.39 is 15.8 Å². The maximum Gasteiger partial charge on any atom is 2.00 e. The van der Waals surface area contributed by atoms with Crippen molar-refractivity contribution in [3.05, 3.63) is 194 Å². The summed E-state index contributed by atoms with van der Waals surface area (Å²) in [5, 5.41) is 13.3. The monoisotopic (exact) mass is 798 g/mol. The van der Waals surface area contributed by atoms with Gasteiger partial charge in [-0.2, -0.15) is 0 Å². The van der Waals surface area contributed by atoms with Gasteiger partial charge >= 0.3 is 20.4 Å². The fourth-order valence-corrected chi connectivity index (χ4v) is 11.5. The van der Waals surface area contributed by atoms with Crippen LogP contribution in [-0.2, 0) is 20.4 Å². The molecule has 0 amide bonds. The van der Waals surface area contributed by atoms with Crippen LogP contribution in [0.15, 0.2) is 194 Å². The van der Waals surface area contributed by atoms with Gasteiger partial charge in [0.15, 0.2) is 0 Å². The summed E-state index contributed by atoms with van der Waals surface area (Å²) in [6.45, 7) is 0.